The van der Waals surface area contributed by atoms with Gasteiger partial charge in [-0.3, -0.25) is 4.90 Å². The maximum Gasteiger partial charge on any atom is 0.127 e. The molecule has 106 valence electrons. The van der Waals surface area contributed by atoms with E-state index in [0.717, 1.165) is 23.1 Å². The van der Waals surface area contributed by atoms with Crippen molar-refractivity contribution in [3.63, 3.8) is 0 Å². The zero-order chi connectivity index (χ0) is 13.8. The molecule has 2 rings (SSSR count). The van der Waals surface area contributed by atoms with E-state index in [1.54, 1.807) is 6.07 Å². The van der Waals surface area contributed by atoms with Gasteiger partial charge in [0.25, 0.3) is 0 Å². The first kappa shape index (κ1) is 14.9. The van der Waals surface area contributed by atoms with Crippen molar-refractivity contribution in [2.24, 2.45) is 11.7 Å². The first-order chi connectivity index (χ1) is 9.15. The van der Waals surface area contributed by atoms with Gasteiger partial charge in [0.1, 0.15) is 5.82 Å². The number of halogens is 2. The molecular formula is C15H22BrFN2. The molecule has 1 fully saturated rings. The van der Waals surface area contributed by atoms with Crippen LogP contribution in [0.1, 0.15) is 31.7 Å². The molecule has 0 saturated heterocycles. The summed E-state index contributed by atoms with van der Waals surface area (Å²) in [7, 11) is 0. The summed E-state index contributed by atoms with van der Waals surface area (Å²) in [5, 5.41) is 0. The molecule has 2 nitrogen and oxygen atoms in total. The Morgan fingerprint density at radius 2 is 2.21 bits per heavy atom. The summed E-state index contributed by atoms with van der Waals surface area (Å²) in [6.07, 6.45) is 3.63. The maximum absolute atomic E-state index is 13.9. The summed E-state index contributed by atoms with van der Waals surface area (Å²) < 4.78 is 14.8. The van der Waals surface area contributed by atoms with Crippen molar-refractivity contribution in [3.8, 4) is 0 Å². The van der Waals surface area contributed by atoms with E-state index in [4.69, 9.17) is 5.73 Å². The van der Waals surface area contributed by atoms with Crippen molar-refractivity contribution in [3.05, 3.63) is 34.1 Å². The van der Waals surface area contributed by atoms with Gasteiger partial charge in [-0.1, -0.05) is 29.3 Å². The van der Waals surface area contributed by atoms with Gasteiger partial charge in [-0.15, -0.1) is 0 Å². The standard InChI is InChI=1S/C15H22BrFN2/c1-2-19(15-5-3-4-11(15)9-18)10-12-8-13(16)6-7-14(12)17/h6-8,11,15H,2-5,9-10,18H2,1H3. The van der Waals surface area contributed by atoms with Gasteiger partial charge in [-0.05, 0) is 50.0 Å². The highest BCUT2D eigenvalue weighted by Gasteiger charge is 2.30. The topological polar surface area (TPSA) is 29.3 Å². The Hall–Kier alpha value is -0.450. The van der Waals surface area contributed by atoms with Crippen molar-refractivity contribution in [2.45, 2.75) is 38.8 Å². The lowest BCUT2D eigenvalue weighted by atomic mass is 10.0. The molecule has 0 spiro atoms. The molecule has 1 aromatic rings. The van der Waals surface area contributed by atoms with Gasteiger partial charge >= 0.3 is 0 Å². The van der Waals surface area contributed by atoms with Gasteiger partial charge in [-0.25, -0.2) is 4.39 Å². The second kappa shape index (κ2) is 6.82. The number of nitrogens with zero attached hydrogens (tertiary/aromatic N) is 1. The number of nitrogens with two attached hydrogens (primary N) is 1. The average Bonchev–Trinajstić information content (AvgIpc) is 2.88. The molecule has 0 radical (unpaired) electrons. The lowest BCUT2D eigenvalue weighted by Crippen LogP contribution is -2.40. The van der Waals surface area contributed by atoms with Crippen LogP contribution in [0.5, 0.6) is 0 Å². The Morgan fingerprint density at radius 3 is 2.89 bits per heavy atom. The number of hydrogen-bond donors (Lipinski definition) is 1. The van der Waals surface area contributed by atoms with Crippen LogP contribution < -0.4 is 5.73 Å². The number of benzene rings is 1. The molecular weight excluding hydrogens is 307 g/mol. The molecule has 0 aromatic heterocycles. The van der Waals surface area contributed by atoms with Gasteiger partial charge in [0.15, 0.2) is 0 Å². The van der Waals surface area contributed by atoms with E-state index in [1.165, 1.54) is 25.3 Å². The monoisotopic (exact) mass is 328 g/mol. The minimum Gasteiger partial charge on any atom is -0.330 e. The molecule has 0 amide bonds. The van der Waals surface area contributed by atoms with Crippen molar-refractivity contribution in [1.29, 1.82) is 0 Å². The van der Waals surface area contributed by atoms with E-state index in [-0.39, 0.29) is 5.82 Å². The van der Waals surface area contributed by atoms with Gasteiger partial charge in [0.2, 0.25) is 0 Å². The van der Waals surface area contributed by atoms with E-state index < -0.39 is 0 Å². The van der Waals surface area contributed by atoms with E-state index in [2.05, 4.69) is 27.8 Å². The van der Waals surface area contributed by atoms with Crippen LogP contribution in [-0.4, -0.2) is 24.0 Å². The van der Waals surface area contributed by atoms with Gasteiger partial charge < -0.3 is 5.73 Å². The molecule has 0 heterocycles. The first-order valence-corrected chi connectivity index (χ1v) is 7.83. The second-order valence-electron chi connectivity index (χ2n) is 5.29. The molecule has 0 aliphatic heterocycles. The van der Waals surface area contributed by atoms with Crippen LogP contribution >= 0.6 is 15.9 Å². The Balaban J connectivity index is 2.12. The average molecular weight is 329 g/mol. The molecule has 19 heavy (non-hydrogen) atoms. The van der Waals surface area contributed by atoms with Crippen LogP contribution in [0.2, 0.25) is 0 Å². The quantitative estimate of drug-likeness (QED) is 0.895. The highest BCUT2D eigenvalue weighted by Crippen LogP contribution is 2.30. The Labute approximate surface area is 123 Å². The minimum absolute atomic E-state index is 0.121. The fourth-order valence-corrected chi connectivity index (χ4v) is 3.53. The highest BCUT2D eigenvalue weighted by atomic mass is 79.9. The molecule has 0 bridgehead atoms. The fourth-order valence-electron chi connectivity index (χ4n) is 3.12. The lowest BCUT2D eigenvalue weighted by molar-refractivity contribution is 0.160. The summed E-state index contributed by atoms with van der Waals surface area (Å²) in [5.74, 6) is 0.444. The minimum atomic E-state index is -0.121. The van der Waals surface area contributed by atoms with Crippen LogP contribution in [-0.2, 0) is 6.54 Å². The maximum atomic E-state index is 13.9. The van der Waals surface area contributed by atoms with E-state index >= 15 is 0 Å². The Kier molecular flexibility index (Phi) is 5.37. The highest BCUT2D eigenvalue weighted by molar-refractivity contribution is 9.10. The van der Waals surface area contributed by atoms with Gasteiger partial charge in [0.05, 0.1) is 0 Å². The van der Waals surface area contributed by atoms with E-state index in [0.29, 0.717) is 18.5 Å². The fraction of sp³-hybridized carbons (Fsp3) is 0.600. The van der Waals surface area contributed by atoms with Crippen LogP contribution in [0.15, 0.2) is 22.7 Å². The van der Waals surface area contributed by atoms with E-state index in [9.17, 15) is 4.39 Å². The van der Waals surface area contributed by atoms with Crippen LogP contribution in [0.3, 0.4) is 0 Å². The smallest absolute Gasteiger partial charge is 0.127 e. The third-order valence-electron chi connectivity index (χ3n) is 4.18. The van der Waals surface area contributed by atoms with Crippen molar-refractivity contribution < 1.29 is 4.39 Å². The van der Waals surface area contributed by atoms with Crippen LogP contribution in [0.4, 0.5) is 4.39 Å². The van der Waals surface area contributed by atoms with Gasteiger partial charge in [-0.2, -0.15) is 0 Å². The lowest BCUT2D eigenvalue weighted by Gasteiger charge is -2.32. The molecule has 1 aromatic carbocycles. The molecule has 1 aliphatic carbocycles. The molecule has 2 N–H and O–H groups in total. The largest absolute Gasteiger partial charge is 0.330 e. The van der Waals surface area contributed by atoms with Crippen molar-refractivity contribution in [2.75, 3.05) is 13.1 Å². The van der Waals surface area contributed by atoms with E-state index in [1.807, 2.05) is 6.07 Å². The predicted molar refractivity (Wildman–Crippen MR) is 80.4 cm³/mol. The van der Waals surface area contributed by atoms with Crippen LogP contribution in [0, 0.1) is 11.7 Å². The Bertz CT molecular complexity index is 425. The zero-order valence-electron chi connectivity index (χ0n) is 11.4. The SMILES string of the molecule is CCN(Cc1cc(Br)ccc1F)C1CCCC1CN. The summed E-state index contributed by atoms with van der Waals surface area (Å²) >= 11 is 3.41. The Morgan fingerprint density at radius 1 is 1.42 bits per heavy atom. The number of hydrogen-bond acceptors (Lipinski definition) is 2. The summed E-state index contributed by atoms with van der Waals surface area (Å²) in [5.41, 5.74) is 6.62. The number of rotatable bonds is 5. The molecule has 2 unspecified atom stereocenters. The van der Waals surface area contributed by atoms with Gasteiger partial charge in [0, 0.05) is 22.6 Å². The normalized spacial score (nSPS) is 23.2. The summed E-state index contributed by atoms with van der Waals surface area (Å²) in [6.45, 7) is 4.49. The molecule has 4 heteroatoms. The van der Waals surface area contributed by atoms with Crippen molar-refractivity contribution in [1.82, 2.24) is 4.90 Å². The molecule has 1 saturated carbocycles. The summed E-state index contributed by atoms with van der Waals surface area (Å²) in [4.78, 5) is 2.37. The van der Waals surface area contributed by atoms with Crippen LogP contribution in [0.25, 0.3) is 0 Å². The predicted octanol–water partition coefficient (Wildman–Crippen LogP) is 3.54. The third kappa shape index (κ3) is 3.56. The molecule has 1 aliphatic rings. The van der Waals surface area contributed by atoms with Crippen molar-refractivity contribution >= 4 is 15.9 Å². The summed E-state index contributed by atoms with van der Waals surface area (Å²) in [6, 6.07) is 5.66. The zero-order valence-corrected chi connectivity index (χ0v) is 13.0. The molecule has 2 atom stereocenters. The third-order valence-corrected chi connectivity index (χ3v) is 4.67. The second-order valence-corrected chi connectivity index (χ2v) is 6.21. The first-order valence-electron chi connectivity index (χ1n) is 7.03.